The summed E-state index contributed by atoms with van der Waals surface area (Å²) in [4.78, 5) is 12.2. The minimum absolute atomic E-state index is 0.174. The highest BCUT2D eigenvalue weighted by Crippen LogP contribution is 2.10. The molecule has 0 radical (unpaired) electrons. The summed E-state index contributed by atoms with van der Waals surface area (Å²) in [5, 5.41) is 4.19. The number of ketones is 1. The Morgan fingerprint density at radius 3 is 2.89 bits per heavy atom. The van der Waals surface area contributed by atoms with Crippen LogP contribution in [0.25, 0.3) is 0 Å². The van der Waals surface area contributed by atoms with E-state index in [9.17, 15) is 4.79 Å². The monoisotopic (exact) mass is 256 g/mol. The summed E-state index contributed by atoms with van der Waals surface area (Å²) in [6.45, 7) is 4.96. The molecule has 0 saturated heterocycles. The standard InChI is InChI=1S/C16H20N2O/c1-3-11-18-15(9-10-17-18)16(19)8-7-14-6-4-5-13(2)12-14/h4-6,9-10,12H,3,7-8,11H2,1-2H3. The summed E-state index contributed by atoms with van der Waals surface area (Å²) in [5.41, 5.74) is 3.19. The van der Waals surface area contributed by atoms with Crippen molar-refractivity contribution in [2.75, 3.05) is 0 Å². The molecule has 0 N–H and O–H groups in total. The van der Waals surface area contributed by atoms with E-state index in [1.165, 1.54) is 11.1 Å². The molecular weight excluding hydrogens is 236 g/mol. The number of aromatic nitrogens is 2. The average Bonchev–Trinajstić information content (AvgIpc) is 2.85. The predicted molar refractivity (Wildman–Crippen MR) is 76.3 cm³/mol. The van der Waals surface area contributed by atoms with Crippen LogP contribution in [0.3, 0.4) is 0 Å². The molecule has 2 rings (SSSR count). The van der Waals surface area contributed by atoms with Crippen molar-refractivity contribution in [1.29, 1.82) is 0 Å². The lowest BCUT2D eigenvalue weighted by atomic mass is 10.0. The van der Waals surface area contributed by atoms with Crippen LogP contribution in [0.2, 0.25) is 0 Å². The Morgan fingerprint density at radius 1 is 1.32 bits per heavy atom. The van der Waals surface area contributed by atoms with E-state index in [1.807, 2.05) is 12.1 Å². The van der Waals surface area contributed by atoms with Crippen LogP contribution in [0.4, 0.5) is 0 Å². The first kappa shape index (κ1) is 13.5. The van der Waals surface area contributed by atoms with Gasteiger partial charge in [-0.05, 0) is 31.4 Å². The van der Waals surface area contributed by atoms with E-state index in [4.69, 9.17) is 0 Å². The molecule has 0 bridgehead atoms. The molecule has 0 amide bonds. The Kier molecular flexibility index (Phi) is 4.50. The van der Waals surface area contributed by atoms with Crippen molar-refractivity contribution in [1.82, 2.24) is 9.78 Å². The maximum absolute atomic E-state index is 12.2. The Morgan fingerprint density at radius 2 is 2.16 bits per heavy atom. The largest absolute Gasteiger partial charge is 0.292 e. The van der Waals surface area contributed by atoms with Gasteiger partial charge in [0.1, 0.15) is 5.69 Å². The molecule has 0 fully saturated rings. The number of aryl methyl sites for hydroxylation is 3. The fraction of sp³-hybridized carbons (Fsp3) is 0.375. The van der Waals surface area contributed by atoms with Crippen LogP contribution in [-0.2, 0) is 13.0 Å². The number of rotatable bonds is 6. The van der Waals surface area contributed by atoms with Gasteiger partial charge in [-0.15, -0.1) is 0 Å². The van der Waals surface area contributed by atoms with Crippen molar-refractivity contribution in [2.24, 2.45) is 0 Å². The number of carbonyl (C=O) groups is 1. The third kappa shape index (κ3) is 3.53. The van der Waals surface area contributed by atoms with E-state index in [1.54, 1.807) is 10.9 Å². The Hall–Kier alpha value is -1.90. The summed E-state index contributed by atoms with van der Waals surface area (Å²) in [6.07, 6.45) is 4.02. The number of hydrogen-bond acceptors (Lipinski definition) is 2. The van der Waals surface area contributed by atoms with Crippen molar-refractivity contribution in [3.63, 3.8) is 0 Å². The van der Waals surface area contributed by atoms with E-state index in [0.29, 0.717) is 6.42 Å². The maximum Gasteiger partial charge on any atom is 0.181 e. The number of carbonyl (C=O) groups excluding carboxylic acids is 1. The summed E-state index contributed by atoms with van der Waals surface area (Å²) < 4.78 is 1.80. The zero-order valence-corrected chi connectivity index (χ0v) is 11.6. The highest BCUT2D eigenvalue weighted by Gasteiger charge is 2.11. The van der Waals surface area contributed by atoms with Gasteiger partial charge in [0, 0.05) is 19.2 Å². The van der Waals surface area contributed by atoms with E-state index in [-0.39, 0.29) is 5.78 Å². The van der Waals surface area contributed by atoms with Gasteiger partial charge in [-0.25, -0.2) is 0 Å². The molecule has 0 saturated carbocycles. The molecule has 0 atom stereocenters. The average molecular weight is 256 g/mol. The molecule has 1 aromatic heterocycles. The van der Waals surface area contributed by atoms with Crippen LogP contribution in [-0.4, -0.2) is 15.6 Å². The summed E-state index contributed by atoms with van der Waals surface area (Å²) in [7, 11) is 0. The second-order valence-electron chi connectivity index (χ2n) is 4.85. The fourth-order valence-corrected chi connectivity index (χ4v) is 2.21. The van der Waals surface area contributed by atoms with Gasteiger partial charge in [-0.1, -0.05) is 36.8 Å². The first-order chi connectivity index (χ1) is 9.20. The molecule has 100 valence electrons. The van der Waals surface area contributed by atoms with Crippen LogP contribution in [0, 0.1) is 6.92 Å². The van der Waals surface area contributed by atoms with E-state index < -0.39 is 0 Å². The first-order valence-electron chi connectivity index (χ1n) is 6.81. The third-order valence-corrected chi connectivity index (χ3v) is 3.16. The summed E-state index contributed by atoms with van der Waals surface area (Å²) >= 11 is 0. The maximum atomic E-state index is 12.2. The predicted octanol–water partition coefficient (Wildman–Crippen LogP) is 3.42. The Bertz CT molecular complexity index is 557. The number of hydrogen-bond donors (Lipinski definition) is 0. The lowest BCUT2D eigenvalue weighted by Crippen LogP contribution is -2.11. The van der Waals surface area contributed by atoms with Crippen molar-refractivity contribution in [2.45, 2.75) is 39.7 Å². The molecular formula is C16H20N2O. The van der Waals surface area contributed by atoms with Crippen LogP contribution < -0.4 is 0 Å². The number of benzene rings is 1. The van der Waals surface area contributed by atoms with Gasteiger partial charge in [-0.3, -0.25) is 9.48 Å². The molecule has 0 aliphatic rings. The van der Waals surface area contributed by atoms with E-state index in [2.05, 4.69) is 37.1 Å². The molecule has 0 spiro atoms. The highest BCUT2D eigenvalue weighted by atomic mass is 16.1. The van der Waals surface area contributed by atoms with Crippen LogP contribution in [0.1, 0.15) is 41.4 Å². The molecule has 1 aromatic carbocycles. The number of Topliss-reactive ketones (excluding diaryl/α,β-unsaturated/α-hetero) is 1. The van der Waals surface area contributed by atoms with Crippen molar-refractivity contribution >= 4 is 5.78 Å². The second kappa shape index (κ2) is 6.32. The smallest absolute Gasteiger partial charge is 0.181 e. The van der Waals surface area contributed by atoms with Gasteiger partial charge in [0.05, 0.1) is 0 Å². The summed E-state index contributed by atoms with van der Waals surface area (Å²) in [6, 6.07) is 10.1. The van der Waals surface area contributed by atoms with Gasteiger partial charge in [0.25, 0.3) is 0 Å². The minimum atomic E-state index is 0.174. The quantitative estimate of drug-likeness (QED) is 0.742. The van der Waals surface area contributed by atoms with Crippen molar-refractivity contribution < 1.29 is 4.79 Å². The normalized spacial score (nSPS) is 10.6. The van der Waals surface area contributed by atoms with Gasteiger partial charge in [-0.2, -0.15) is 5.10 Å². The Labute approximate surface area is 114 Å². The van der Waals surface area contributed by atoms with Crippen molar-refractivity contribution in [3.05, 3.63) is 53.3 Å². The lowest BCUT2D eigenvalue weighted by molar-refractivity contribution is 0.0972. The molecule has 3 heteroatoms. The molecule has 3 nitrogen and oxygen atoms in total. The SMILES string of the molecule is CCCn1nccc1C(=O)CCc1cccc(C)c1. The van der Waals surface area contributed by atoms with Gasteiger partial charge in [0.2, 0.25) is 0 Å². The molecule has 0 unspecified atom stereocenters. The zero-order chi connectivity index (χ0) is 13.7. The van der Waals surface area contributed by atoms with Crippen LogP contribution in [0.15, 0.2) is 36.5 Å². The van der Waals surface area contributed by atoms with Gasteiger partial charge < -0.3 is 0 Å². The fourth-order valence-electron chi connectivity index (χ4n) is 2.21. The van der Waals surface area contributed by atoms with Crippen LogP contribution in [0.5, 0.6) is 0 Å². The molecule has 0 aliphatic heterocycles. The molecule has 2 aromatic rings. The van der Waals surface area contributed by atoms with E-state index in [0.717, 1.165) is 25.1 Å². The molecule has 1 heterocycles. The lowest BCUT2D eigenvalue weighted by Gasteiger charge is -2.06. The van der Waals surface area contributed by atoms with Gasteiger partial charge in [0.15, 0.2) is 5.78 Å². The minimum Gasteiger partial charge on any atom is -0.292 e. The zero-order valence-electron chi connectivity index (χ0n) is 11.6. The Balaban J connectivity index is 1.99. The van der Waals surface area contributed by atoms with E-state index >= 15 is 0 Å². The van der Waals surface area contributed by atoms with Crippen LogP contribution >= 0.6 is 0 Å². The second-order valence-corrected chi connectivity index (χ2v) is 4.85. The molecule has 19 heavy (non-hydrogen) atoms. The number of nitrogens with zero attached hydrogens (tertiary/aromatic N) is 2. The van der Waals surface area contributed by atoms with Gasteiger partial charge >= 0.3 is 0 Å². The molecule has 0 aliphatic carbocycles. The highest BCUT2D eigenvalue weighted by molar-refractivity contribution is 5.94. The third-order valence-electron chi connectivity index (χ3n) is 3.16. The summed E-state index contributed by atoms with van der Waals surface area (Å²) in [5.74, 6) is 0.174. The first-order valence-corrected chi connectivity index (χ1v) is 6.81. The van der Waals surface area contributed by atoms with Crippen molar-refractivity contribution in [3.8, 4) is 0 Å². The topological polar surface area (TPSA) is 34.9 Å².